The van der Waals surface area contributed by atoms with Crippen molar-refractivity contribution in [3.05, 3.63) is 47.9 Å². The highest BCUT2D eigenvalue weighted by atomic mass is 19.4. The molecule has 0 bridgehead atoms. The predicted molar refractivity (Wildman–Crippen MR) is 82.6 cm³/mol. The summed E-state index contributed by atoms with van der Waals surface area (Å²) < 4.78 is 43.0. The van der Waals surface area contributed by atoms with E-state index in [1.165, 1.54) is 24.4 Å². The first-order valence-corrected chi connectivity index (χ1v) is 6.95. The quantitative estimate of drug-likeness (QED) is 0.277. The van der Waals surface area contributed by atoms with Crippen LogP contribution in [-0.4, -0.2) is 31.2 Å². The number of halogens is 3. The molecule has 26 heavy (non-hydrogen) atoms. The first-order valence-electron chi connectivity index (χ1n) is 6.95. The number of amidine groups is 1. The van der Waals surface area contributed by atoms with Crippen molar-refractivity contribution < 1.29 is 22.8 Å². The first-order chi connectivity index (χ1) is 12.4. The van der Waals surface area contributed by atoms with Crippen molar-refractivity contribution in [2.24, 2.45) is 10.9 Å². The molecular formula is C14H10F3N7O2. The van der Waals surface area contributed by atoms with E-state index in [1.54, 1.807) is 0 Å². The lowest BCUT2D eigenvalue weighted by Crippen LogP contribution is -2.15. The summed E-state index contributed by atoms with van der Waals surface area (Å²) >= 11 is 0. The molecule has 9 nitrogen and oxygen atoms in total. The van der Waals surface area contributed by atoms with Crippen LogP contribution in [0.5, 0.6) is 0 Å². The van der Waals surface area contributed by atoms with Crippen LogP contribution in [0.25, 0.3) is 11.5 Å². The van der Waals surface area contributed by atoms with Crippen molar-refractivity contribution in [2.45, 2.75) is 6.18 Å². The number of aromatic nitrogens is 4. The van der Waals surface area contributed by atoms with Crippen LogP contribution in [-0.2, 0) is 6.18 Å². The van der Waals surface area contributed by atoms with Gasteiger partial charge in [0.2, 0.25) is 0 Å². The van der Waals surface area contributed by atoms with Crippen LogP contribution in [0.2, 0.25) is 0 Å². The highest BCUT2D eigenvalue weighted by Crippen LogP contribution is 2.30. The van der Waals surface area contributed by atoms with E-state index in [4.69, 9.17) is 15.4 Å². The fourth-order valence-electron chi connectivity index (χ4n) is 1.85. The first kappa shape index (κ1) is 17.1. The van der Waals surface area contributed by atoms with Crippen LogP contribution in [0.4, 0.5) is 25.0 Å². The van der Waals surface area contributed by atoms with Gasteiger partial charge in [0.15, 0.2) is 17.4 Å². The normalized spacial score (nSPS) is 12.2. The Bertz CT molecular complexity index is 921. The van der Waals surface area contributed by atoms with Gasteiger partial charge in [0.05, 0.1) is 11.8 Å². The number of anilines is 2. The number of hydrogen-bond donors (Lipinski definition) is 3. The second-order valence-corrected chi connectivity index (χ2v) is 4.87. The lowest BCUT2D eigenvalue weighted by molar-refractivity contribution is -0.137. The van der Waals surface area contributed by atoms with Crippen LogP contribution in [0.15, 0.2) is 46.2 Å². The van der Waals surface area contributed by atoms with E-state index in [0.29, 0.717) is 6.20 Å². The monoisotopic (exact) mass is 365 g/mol. The molecule has 0 amide bonds. The predicted octanol–water partition coefficient (Wildman–Crippen LogP) is 2.38. The van der Waals surface area contributed by atoms with Crippen molar-refractivity contribution in [1.29, 1.82) is 0 Å². The Morgan fingerprint density at radius 1 is 1.12 bits per heavy atom. The lowest BCUT2D eigenvalue weighted by atomic mass is 10.2. The smallest absolute Gasteiger partial charge is 0.417 e. The van der Waals surface area contributed by atoms with E-state index >= 15 is 0 Å². The van der Waals surface area contributed by atoms with Gasteiger partial charge in [0, 0.05) is 6.20 Å². The Kier molecular flexibility index (Phi) is 4.39. The number of alkyl halides is 3. The summed E-state index contributed by atoms with van der Waals surface area (Å²) in [6.45, 7) is 0. The summed E-state index contributed by atoms with van der Waals surface area (Å²) in [6, 6.07) is 5.05. The summed E-state index contributed by atoms with van der Waals surface area (Å²) in [5.41, 5.74) is 4.86. The number of rotatable bonds is 4. The van der Waals surface area contributed by atoms with Crippen LogP contribution in [0, 0.1) is 0 Å². The molecule has 0 unspecified atom stereocenters. The number of nitrogens with one attached hydrogen (secondary N) is 1. The van der Waals surface area contributed by atoms with E-state index in [9.17, 15) is 13.2 Å². The molecule has 0 spiro atoms. The zero-order valence-electron chi connectivity index (χ0n) is 12.8. The SMILES string of the molecule is N/C(=N/O)c1ccc(Nc2ncc(-c3ccc(C(F)(F)F)cn3)o2)nn1. The van der Waals surface area contributed by atoms with Gasteiger partial charge in [-0.3, -0.25) is 10.3 Å². The fraction of sp³-hybridized carbons (Fsp3) is 0.0714. The summed E-state index contributed by atoms with van der Waals surface area (Å²) in [5.74, 6) is 0.228. The van der Waals surface area contributed by atoms with E-state index in [2.05, 4.69) is 30.6 Å². The third-order valence-corrected chi connectivity index (χ3v) is 3.12. The van der Waals surface area contributed by atoms with Gasteiger partial charge in [0.25, 0.3) is 0 Å². The highest BCUT2D eigenvalue weighted by Gasteiger charge is 2.30. The molecule has 4 N–H and O–H groups in total. The van der Waals surface area contributed by atoms with Gasteiger partial charge in [-0.2, -0.15) is 13.2 Å². The summed E-state index contributed by atoms with van der Waals surface area (Å²) in [7, 11) is 0. The van der Waals surface area contributed by atoms with Crippen molar-refractivity contribution in [1.82, 2.24) is 20.2 Å². The van der Waals surface area contributed by atoms with E-state index < -0.39 is 11.7 Å². The Labute approximate surface area is 143 Å². The molecule has 134 valence electrons. The van der Waals surface area contributed by atoms with E-state index in [0.717, 1.165) is 6.07 Å². The van der Waals surface area contributed by atoms with Crippen LogP contribution in [0.1, 0.15) is 11.3 Å². The minimum absolute atomic E-state index is 0.0348. The van der Waals surface area contributed by atoms with E-state index in [-0.39, 0.29) is 34.8 Å². The van der Waals surface area contributed by atoms with Crippen LogP contribution >= 0.6 is 0 Å². The molecule has 0 aromatic carbocycles. The standard InChI is InChI=1S/C14H10F3N7O2/c15-14(16,17)7-1-2-8(19-5-7)10-6-20-13(26-10)21-11-4-3-9(22-23-11)12(18)24-25/h1-6,25H,(H2,18,24)(H,20,21,23). The molecule has 0 aliphatic rings. The Morgan fingerprint density at radius 3 is 2.50 bits per heavy atom. The molecular weight excluding hydrogens is 355 g/mol. The summed E-state index contributed by atoms with van der Waals surface area (Å²) in [4.78, 5) is 7.65. The molecule has 0 radical (unpaired) electrons. The molecule has 0 aliphatic carbocycles. The average Bonchev–Trinajstić information content (AvgIpc) is 3.09. The number of oxazole rings is 1. The Morgan fingerprint density at radius 2 is 1.92 bits per heavy atom. The zero-order chi connectivity index (χ0) is 18.7. The maximum atomic E-state index is 12.5. The molecule has 3 rings (SSSR count). The van der Waals surface area contributed by atoms with E-state index in [1.807, 2.05) is 0 Å². The van der Waals surface area contributed by atoms with Gasteiger partial charge in [0.1, 0.15) is 11.4 Å². The number of hydrogen-bond acceptors (Lipinski definition) is 8. The number of oxime groups is 1. The molecule has 3 aromatic heterocycles. The highest BCUT2D eigenvalue weighted by molar-refractivity contribution is 5.95. The van der Waals surface area contributed by atoms with Crippen LogP contribution in [0.3, 0.4) is 0 Å². The second kappa shape index (κ2) is 6.66. The van der Waals surface area contributed by atoms with Gasteiger partial charge in [-0.05, 0) is 24.3 Å². The second-order valence-electron chi connectivity index (χ2n) is 4.87. The molecule has 12 heteroatoms. The van der Waals surface area contributed by atoms with Crippen LogP contribution < -0.4 is 11.1 Å². The number of nitrogens with two attached hydrogens (primary N) is 1. The molecule has 3 aromatic rings. The Hall–Kier alpha value is -3.70. The minimum Gasteiger partial charge on any atom is -0.422 e. The molecule has 0 fully saturated rings. The molecule has 0 saturated heterocycles. The zero-order valence-corrected chi connectivity index (χ0v) is 12.8. The van der Waals surface area contributed by atoms with Crippen molar-refractivity contribution in [3.63, 3.8) is 0 Å². The van der Waals surface area contributed by atoms with Crippen molar-refractivity contribution >= 4 is 17.7 Å². The van der Waals surface area contributed by atoms with Gasteiger partial charge < -0.3 is 15.4 Å². The lowest BCUT2D eigenvalue weighted by Gasteiger charge is -2.05. The van der Waals surface area contributed by atoms with Gasteiger partial charge in [-0.25, -0.2) is 4.98 Å². The van der Waals surface area contributed by atoms with Gasteiger partial charge in [-0.15, -0.1) is 10.2 Å². The molecule has 3 heterocycles. The topological polar surface area (TPSA) is 135 Å². The average molecular weight is 365 g/mol. The van der Waals surface area contributed by atoms with Gasteiger partial charge >= 0.3 is 12.2 Å². The minimum atomic E-state index is -4.46. The molecule has 0 aliphatic heterocycles. The largest absolute Gasteiger partial charge is 0.422 e. The fourth-order valence-corrected chi connectivity index (χ4v) is 1.85. The molecule has 0 saturated carbocycles. The Balaban J connectivity index is 1.74. The van der Waals surface area contributed by atoms with Crippen molar-refractivity contribution in [2.75, 3.05) is 5.32 Å². The maximum Gasteiger partial charge on any atom is 0.417 e. The third-order valence-electron chi connectivity index (χ3n) is 3.12. The number of pyridine rings is 1. The summed E-state index contributed by atoms with van der Waals surface area (Å²) in [5, 5.41) is 21.6. The summed E-state index contributed by atoms with van der Waals surface area (Å²) in [6.07, 6.45) is -2.45. The maximum absolute atomic E-state index is 12.5. The molecule has 0 atom stereocenters. The third kappa shape index (κ3) is 3.68. The van der Waals surface area contributed by atoms with Crippen molar-refractivity contribution in [3.8, 4) is 11.5 Å². The van der Waals surface area contributed by atoms with Gasteiger partial charge in [-0.1, -0.05) is 5.16 Å². The number of nitrogens with zero attached hydrogens (tertiary/aromatic N) is 5.